The standard InChI is InChI=1S/C6H12ClNO/c1-3-6(8,4-2)5(7)9/h3-4,8H2,1-2H3/p+1. The highest BCUT2D eigenvalue weighted by atomic mass is 35.5. The van der Waals surface area contributed by atoms with Crippen LogP contribution in [0.5, 0.6) is 0 Å². The molecule has 0 spiro atoms. The molecule has 0 radical (unpaired) electrons. The van der Waals surface area contributed by atoms with Crippen molar-refractivity contribution in [1.29, 1.82) is 0 Å². The van der Waals surface area contributed by atoms with E-state index >= 15 is 0 Å². The van der Waals surface area contributed by atoms with Crippen LogP contribution in [0.25, 0.3) is 0 Å². The van der Waals surface area contributed by atoms with E-state index in [1.54, 1.807) is 0 Å². The van der Waals surface area contributed by atoms with E-state index in [0.717, 1.165) is 0 Å². The summed E-state index contributed by atoms with van der Waals surface area (Å²) < 4.78 is 0. The zero-order chi connectivity index (χ0) is 7.49. The minimum atomic E-state index is -0.679. The van der Waals surface area contributed by atoms with Gasteiger partial charge in [0, 0.05) is 11.6 Å². The van der Waals surface area contributed by atoms with Crippen molar-refractivity contribution in [1.82, 2.24) is 0 Å². The Kier molecular flexibility index (Phi) is 3.15. The number of carbonyl (C=O) groups excluding carboxylic acids is 1. The van der Waals surface area contributed by atoms with Crippen LogP contribution in [0.2, 0.25) is 0 Å². The van der Waals surface area contributed by atoms with Crippen molar-refractivity contribution in [2.75, 3.05) is 0 Å². The van der Waals surface area contributed by atoms with Crippen molar-refractivity contribution in [3.05, 3.63) is 0 Å². The molecule has 0 aliphatic heterocycles. The Balaban J connectivity index is 4.09. The normalized spacial score (nSPS) is 11.6. The van der Waals surface area contributed by atoms with E-state index in [9.17, 15) is 0 Å². The van der Waals surface area contributed by atoms with Gasteiger partial charge in [0.1, 0.15) is 5.54 Å². The SMILES string of the molecule is CCC(N)(CC)C(=[OH+])Cl. The van der Waals surface area contributed by atoms with Crippen LogP contribution in [0.15, 0.2) is 0 Å². The van der Waals surface area contributed by atoms with Gasteiger partial charge < -0.3 is 5.73 Å². The second-order valence-corrected chi connectivity index (χ2v) is 2.51. The minimum Gasteiger partial charge on any atom is -0.313 e. The summed E-state index contributed by atoms with van der Waals surface area (Å²) in [7, 11) is 0. The van der Waals surface area contributed by atoms with Crippen molar-refractivity contribution in [3.63, 3.8) is 0 Å². The van der Waals surface area contributed by atoms with E-state index < -0.39 is 5.54 Å². The molecule has 0 aromatic carbocycles. The third-order valence-corrected chi connectivity index (χ3v) is 2.05. The number of nitrogens with two attached hydrogens (primary N) is 1. The summed E-state index contributed by atoms with van der Waals surface area (Å²) in [5.74, 6) is 0. The molecule has 0 aliphatic rings. The largest absolute Gasteiger partial charge is 0.405 e. The maximum absolute atomic E-state index is 8.83. The molecule has 0 aromatic heterocycles. The fourth-order valence-electron chi connectivity index (χ4n) is 0.542. The van der Waals surface area contributed by atoms with Crippen LogP contribution in [-0.2, 0) is 0 Å². The Hall–Kier alpha value is -0.0800. The van der Waals surface area contributed by atoms with Crippen LogP contribution >= 0.6 is 11.6 Å². The van der Waals surface area contributed by atoms with E-state index in [0.29, 0.717) is 12.8 Å². The van der Waals surface area contributed by atoms with Crippen LogP contribution in [-0.4, -0.2) is 15.6 Å². The lowest BCUT2D eigenvalue weighted by atomic mass is 9.96. The van der Waals surface area contributed by atoms with Gasteiger partial charge in [-0.2, -0.15) is 0 Å². The van der Waals surface area contributed by atoms with Gasteiger partial charge in [-0.15, -0.1) is 0 Å². The first-order valence-corrected chi connectivity index (χ1v) is 3.45. The van der Waals surface area contributed by atoms with Gasteiger partial charge in [0.25, 0.3) is 0 Å². The van der Waals surface area contributed by atoms with Crippen molar-refractivity contribution in [2.24, 2.45) is 5.73 Å². The van der Waals surface area contributed by atoms with Gasteiger partial charge >= 0.3 is 5.24 Å². The molecule has 3 N–H and O–H groups in total. The molecule has 9 heavy (non-hydrogen) atoms. The topological polar surface area (TPSA) is 47.4 Å². The number of hydrogen-bond acceptors (Lipinski definition) is 1. The second kappa shape index (κ2) is 3.18. The lowest BCUT2D eigenvalue weighted by Crippen LogP contribution is -2.44. The monoisotopic (exact) mass is 150 g/mol. The average molecular weight is 151 g/mol. The first kappa shape index (κ1) is 8.92. The van der Waals surface area contributed by atoms with Crippen LogP contribution in [0.3, 0.4) is 0 Å². The molecule has 0 aromatic rings. The first-order chi connectivity index (χ1) is 4.06. The average Bonchev–Trinajstić information content (AvgIpc) is 1.86. The van der Waals surface area contributed by atoms with E-state index in [-0.39, 0.29) is 5.24 Å². The summed E-state index contributed by atoms with van der Waals surface area (Å²) >= 11 is 5.33. The fourth-order valence-corrected chi connectivity index (χ4v) is 0.809. The molecule has 54 valence electrons. The highest BCUT2D eigenvalue weighted by Gasteiger charge is 2.33. The molecule has 0 unspecified atom stereocenters. The Morgan fingerprint density at radius 2 is 1.89 bits per heavy atom. The summed E-state index contributed by atoms with van der Waals surface area (Å²) in [5.41, 5.74) is 4.94. The van der Waals surface area contributed by atoms with Crippen LogP contribution in [0.1, 0.15) is 26.7 Å². The summed E-state index contributed by atoms with van der Waals surface area (Å²) in [6.45, 7) is 3.78. The fraction of sp³-hybridized carbons (Fsp3) is 0.833. The van der Waals surface area contributed by atoms with Crippen molar-refractivity contribution < 1.29 is 4.79 Å². The smallest absolute Gasteiger partial charge is 0.313 e. The molecular weight excluding hydrogens is 138 g/mol. The van der Waals surface area contributed by atoms with Gasteiger partial charge in [-0.25, -0.2) is 0 Å². The van der Waals surface area contributed by atoms with Gasteiger partial charge in [0.05, 0.1) is 0 Å². The summed E-state index contributed by atoms with van der Waals surface area (Å²) in [5, 5.41) is -0.187. The van der Waals surface area contributed by atoms with Crippen LogP contribution < -0.4 is 5.73 Å². The molecular formula is C6H13ClNO+. The van der Waals surface area contributed by atoms with E-state index in [2.05, 4.69) is 0 Å². The first-order valence-electron chi connectivity index (χ1n) is 3.07. The summed E-state index contributed by atoms with van der Waals surface area (Å²) in [4.78, 5) is 8.83. The lowest BCUT2D eigenvalue weighted by Gasteiger charge is -2.15. The molecule has 0 heterocycles. The number of hydrogen-bond donors (Lipinski definition) is 1. The molecule has 0 aliphatic carbocycles. The summed E-state index contributed by atoms with van der Waals surface area (Å²) in [6.07, 6.45) is 1.33. The Labute approximate surface area is 60.4 Å². The summed E-state index contributed by atoms with van der Waals surface area (Å²) in [6, 6.07) is 0. The highest BCUT2D eigenvalue weighted by Crippen LogP contribution is 2.13. The highest BCUT2D eigenvalue weighted by molar-refractivity contribution is 6.66. The van der Waals surface area contributed by atoms with E-state index in [1.165, 1.54) is 0 Å². The van der Waals surface area contributed by atoms with Gasteiger partial charge in [0.2, 0.25) is 0 Å². The van der Waals surface area contributed by atoms with Crippen molar-refractivity contribution in [2.45, 2.75) is 32.2 Å². The van der Waals surface area contributed by atoms with Crippen LogP contribution in [0, 0.1) is 0 Å². The zero-order valence-electron chi connectivity index (χ0n) is 5.82. The predicted octanol–water partition coefficient (Wildman–Crippen LogP) is 1.25. The second-order valence-electron chi connectivity index (χ2n) is 2.15. The molecule has 0 bridgehead atoms. The third-order valence-electron chi connectivity index (χ3n) is 1.67. The van der Waals surface area contributed by atoms with E-state index in [4.69, 9.17) is 22.1 Å². The molecule has 0 fully saturated rings. The Bertz CT molecular complexity index is 110. The Morgan fingerprint density at radius 3 is 1.89 bits per heavy atom. The van der Waals surface area contributed by atoms with Gasteiger partial charge in [-0.1, -0.05) is 13.8 Å². The van der Waals surface area contributed by atoms with Crippen molar-refractivity contribution >= 4 is 16.8 Å². The lowest BCUT2D eigenvalue weighted by molar-refractivity contribution is 0.492. The molecule has 0 rings (SSSR count). The zero-order valence-corrected chi connectivity index (χ0v) is 6.57. The number of rotatable bonds is 3. The number of halogens is 1. The maximum atomic E-state index is 8.83. The molecule has 3 heteroatoms. The minimum absolute atomic E-state index is 0.187. The molecule has 0 amide bonds. The molecule has 0 saturated carbocycles. The third kappa shape index (κ3) is 1.95. The van der Waals surface area contributed by atoms with Gasteiger partial charge in [-0.3, -0.25) is 4.79 Å². The quantitative estimate of drug-likeness (QED) is 0.478. The maximum Gasteiger partial charge on any atom is 0.405 e. The predicted molar refractivity (Wildman–Crippen MR) is 40.3 cm³/mol. The van der Waals surface area contributed by atoms with Gasteiger partial charge in [-0.05, 0) is 12.8 Å². The van der Waals surface area contributed by atoms with Crippen LogP contribution in [0.4, 0.5) is 0 Å². The molecule has 0 saturated heterocycles. The Morgan fingerprint density at radius 1 is 1.56 bits per heavy atom. The van der Waals surface area contributed by atoms with Crippen molar-refractivity contribution in [3.8, 4) is 0 Å². The molecule has 0 atom stereocenters. The van der Waals surface area contributed by atoms with E-state index in [1.807, 2.05) is 13.8 Å². The molecule has 2 nitrogen and oxygen atoms in total. The van der Waals surface area contributed by atoms with Gasteiger partial charge in [0.15, 0.2) is 0 Å².